The van der Waals surface area contributed by atoms with Crippen LogP contribution in [0.4, 0.5) is 0 Å². The minimum Gasteiger partial charge on any atom is -0.388 e. The minimum absolute atomic E-state index is 0.197. The van der Waals surface area contributed by atoms with Crippen LogP contribution in [-0.4, -0.2) is 50.1 Å². The average Bonchev–Trinajstić information content (AvgIpc) is 3.21. The molecular weight excluding hydrogens is 300 g/mol. The Balaban J connectivity index is 1.63. The summed E-state index contributed by atoms with van der Waals surface area (Å²) in [6, 6.07) is 4.01. The van der Waals surface area contributed by atoms with E-state index in [1.54, 1.807) is 34.2 Å². The molecule has 1 amide bonds. The van der Waals surface area contributed by atoms with Gasteiger partial charge in [-0.2, -0.15) is 0 Å². The molecule has 6 nitrogen and oxygen atoms in total. The van der Waals surface area contributed by atoms with Crippen LogP contribution in [-0.2, 0) is 6.54 Å². The van der Waals surface area contributed by atoms with E-state index in [1.165, 1.54) is 0 Å². The summed E-state index contributed by atoms with van der Waals surface area (Å²) in [4.78, 5) is 15.1. The summed E-state index contributed by atoms with van der Waals surface area (Å²) in [5.41, 5.74) is -0.419. The number of hydrogen-bond donors (Lipinski definition) is 1. The van der Waals surface area contributed by atoms with Crippen molar-refractivity contribution in [2.24, 2.45) is 0 Å². The summed E-state index contributed by atoms with van der Waals surface area (Å²) in [5, 5.41) is 20.4. The lowest BCUT2D eigenvalue weighted by atomic mass is 10.0. The molecule has 0 radical (unpaired) electrons. The molecule has 0 aromatic carbocycles. The van der Waals surface area contributed by atoms with Crippen molar-refractivity contribution >= 4 is 17.2 Å². The first-order chi connectivity index (χ1) is 10.6. The standard InChI is InChI=1S/C15H20N4O2S/c1-18(11-15(21)6-2-3-7-15)14(20)13-10-19(17-16-13)9-12-5-4-8-22-12/h4-5,8,10,21H,2-3,6-7,9,11H2,1H3. The second kappa shape index (κ2) is 6.18. The zero-order valence-electron chi connectivity index (χ0n) is 12.6. The molecule has 1 saturated carbocycles. The van der Waals surface area contributed by atoms with Gasteiger partial charge >= 0.3 is 0 Å². The molecule has 118 valence electrons. The summed E-state index contributed by atoms with van der Waals surface area (Å²) in [5.74, 6) is -0.197. The fraction of sp³-hybridized carbons (Fsp3) is 0.533. The van der Waals surface area contributed by atoms with Gasteiger partial charge in [0.05, 0.1) is 18.3 Å². The first kappa shape index (κ1) is 15.2. The molecule has 3 rings (SSSR count). The van der Waals surface area contributed by atoms with Gasteiger partial charge in [0.15, 0.2) is 5.69 Å². The van der Waals surface area contributed by atoms with Crippen LogP contribution in [0, 0.1) is 0 Å². The number of aromatic nitrogens is 3. The molecule has 2 heterocycles. The van der Waals surface area contributed by atoms with E-state index in [-0.39, 0.29) is 5.91 Å². The molecule has 2 aromatic rings. The number of thiophene rings is 1. The number of rotatable bonds is 5. The Morgan fingerprint density at radius 1 is 1.50 bits per heavy atom. The monoisotopic (exact) mass is 320 g/mol. The highest BCUT2D eigenvalue weighted by Crippen LogP contribution is 2.30. The van der Waals surface area contributed by atoms with Crippen molar-refractivity contribution in [1.29, 1.82) is 0 Å². The Labute approximate surface area is 133 Å². The molecule has 2 aromatic heterocycles. The van der Waals surface area contributed by atoms with Gasteiger partial charge < -0.3 is 10.0 Å². The molecule has 0 spiro atoms. The number of nitrogens with zero attached hydrogens (tertiary/aromatic N) is 4. The highest BCUT2D eigenvalue weighted by atomic mass is 32.1. The Morgan fingerprint density at radius 3 is 2.95 bits per heavy atom. The van der Waals surface area contributed by atoms with E-state index in [2.05, 4.69) is 10.3 Å². The first-order valence-electron chi connectivity index (χ1n) is 7.46. The smallest absolute Gasteiger partial charge is 0.275 e. The normalized spacial score (nSPS) is 16.8. The van der Waals surface area contributed by atoms with E-state index < -0.39 is 5.60 Å². The Hall–Kier alpha value is -1.73. The predicted octanol–water partition coefficient (Wildman–Crippen LogP) is 1.77. The second-order valence-electron chi connectivity index (χ2n) is 5.97. The molecule has 1 aliphatic rings. The number of aliphatic hydroxyl groups is 1. The number of hydrogen-bond acceptors (Lipinski definition) is 5. The summed E-state index contributed by atoms with van der Waals surface area (Å²) >= 11 is 1.65. The SMILES string of the molecule is CN(CC1(O)CCCC1)C(=O)c1cn(Cc2cccs2)nn1. The number of carbonyl (C=O) groups excluding carboxylic acids is 1. The molecule has 7 heteroatoms. The molecule has 1 N–H and O–H groups in total. The largest absolute Gasteiger partial charge is 0.388 e. The van der Waals surface area contributed by atoms with Gasteiger partial charge in [-0.25, -0.2) is 4.68 Å². The van der Waals surface area contributed by atoms with E-state index in [1.807, 2.05) is 17.5 Å². The summed E-state index contributed by atoms with van der Waals surface area (Å²) in [6.45, 7) is 0.967. The van der Waals surface area contributed by atoms with Crippen molar-refractivity contribution in [3.05, 3.63) is 34.3 Å². The van der Waals surface area contributed by atoms with Gasteiger partial charge in [0.2, 0.25) is 0 Å². The van der Waals surface area contributed by atoms with Crippen molar-refractivity contribution in [3.8, 4) is 0 Å². The molecule has 0 unspecified atom stereocenters. The zero-order valence-corrected chi connectivity index (χ0v) is 13.4. The van der Waals surface area contributed by atoms with Crippen LogP contribution in [0.25, 0.3) is 0 Å². The lowest BCUT2D eigenvalue weighted by Crippen LogP contribution is -2.42. The topological polar surface area (TPSA) is 71.2 Å². The molecule has 0 atom stereocenters. The van der Waals surface area contributed by atoms with Crippen LogP contribution in [0.2, 0.25) is 0 Å². The van der Waals surface area contributed by atoms with Crippen LogP contribution in [0.5, 0.6) is 0 Å². The highest BCUT2D eigenvalue weighted by Gasteiger charge is 2.34. The zero-order chi connectivity index (χ0) is 15.6. The average molecular weight is 320 g/mol. The lowest BCUT2D eigenvalue weighted by Gasteiger charge is -2.28. The van der Waals surface area contributed by atoms with Gasteiger partial charge in [-0.05, 0) is 24.3 Å². The second-order valence-corrected chi connectivity index (χ2v) is 7.01. The third-order valence-corrected chi connectivity index (χ3v) is 4.93. The van der Waals surface area contributed by atoms with Gasteiger partial charge in [0.1, 0.15) is 0 Å². The van der Waals surface area contributed by atoms with Gasteiger partial charge in [0, 0.05) is 18.5 Å². The maximum absolute atomic E-state index is 12.4. The summed E-state index contributed by atoms with van der Waals surface area (Å²) < 4.78 is 1.66. The van der Waals surface area contributed by atoms with E-state index in [4.69, 9.17) is 0 Å². The van der Waals surface area contributed by atoms with Crippen molar-refractivity contribution in [3.63, 3.8) is 0 Å². The Morgan fingerprint density at radius 2 is 2.27 bits per heavy atom. The van der Waals surface area contributed by atoms with Crippen molar-refractivity contribution in [1.82, 2.24) is 19.9 Å². The van der Waals surface area contributed by atoms with Crippen LogP contribution in [0.3, 0.4) is 0 Å². The molecule has 1 fully saturated rings. The molecule has 0 aliphatic heterocycles. The van der Waals surface area contributed by atoms with E-state index in [0.717, 1.165) is 30.6 Å². The molecule has 0 saturated heterocycles. The summed E-state index contributed by atoms with van der Waals surface area (Å²) in [6.07, 6.45) is 5.23. The third-order valence-electron chi connectivity index (χ3n) is 4.07. The predicted molar refractivity (Wildman–Crippen MR) is 83.8 cm³/mol. The van der Waals surface area contributed by atoms with E-state index in [0.29, 0.717) is 18.8 Å². The fourth-order valence-corrected chi connectivity index (χ4v) is 3.63. The maximum atomic E-state index is 12.4. The quantitative estimate of drug-likeness (QED) is 0.911. The maximum Gasteiger partial charge on any atom is 0.275 e. The van der Waals surface area contributed by atoms with Crippen LogP contribution >= 0.6 is 11.3 Å². The molecule has 22 heavy (non-hydrogen) atoms. The number of carbonyl (C=O) groups is 1. The van der Waals surface area contributed by atoms with Crippen LogP contribution in [0.15, 0.2) is 23.7 Å². The molecular formula is C15H20N4O2S. The van der Waals surface area contributed by atoms with Crippen molar-refractivity contribution < 1.29 is 9.90 Å². The van der Waals surface area contributed by atoms with Crippen molar-refractivity contribution in [2.75, 3.05) is 13.6 Å². The Bertz CT molecular complexity index is 632. The van der Waals surface area contributed by atoms with E-state index >= 15 is 0 Å². The highest BCUT2D eigenvalue weighted by molar-refractivity contribution is 7.09. The summed E-state index contributed by atoms with van der Waals surface area (Å²) in [7, 11) is 1.71. The van der Waals surface area contributed by atoms with Crippen molar-refractivity contribution in [2.45, 2.75) is 37.8 Å². The van der Waals surface area contributed by atoms with Gasteiger partial charge in [-0.15, -0.1) is 16.4 Å². The number of amides is 1. The fourth-order valence-electron chi connectivity index (χ4n) is 2.94. The third kappa shape index (κ3) is 3.36. The Kier molecular flexibility index (Phi) is 4.26. The lowest BCUT2D eigenvalue weighted by molar-refractivity contribution is 0.0155. The van der Waals surface area contributed by atoms with Crippen LogP contribution < -0.4 is 0 Å². The number of likely N-dealkylation sites (N-methyl/N-ethyl adjacent to an activating group) is 1. The molecule has 0 bridgehead atoms. The molecule has 1 aliphatic carbocycles. The van der Waals surface area contributed by atoms with Gasteiger partial charge in [0.25, 0.3) is 5.91 Å². The van der Waals surface area contributed by atoms with E-state index in [9.17, 15) is 9.90 Å². The van der Waals surface area contributed by atoms with Gasteiger partial charge in [-0.3, -0.25) is 4.79 Å². The minimum atomic E-state index is -0.739. The van der Waals surface area contributed by atoms with Crippen LogP contribution in [0.1, 0.15) is 41.0 Å². The van der Waals surface area contributed by atoms with Gasteiger partial charge in [-0.1, -0.05) is 24.1 Å². The first-order valence-corrected chi connectivity index (χ1v) is 8.34.